The molecule has 0 saturated heterocycles. The van der Waals surface area contributed by atoms with E-state index in [1.165, 1.54) is 12.1 Å². The van der Waals surface area contributed by atoms with Gasteiger partial charge in [0.1, 0.15) is 12.4 Å². The molecule has 0 aliphatic carbocycles. The zero-order chi connectivity index (χ0) is 14.5. The van der Waals surface area contributed by atoms with Gasteiger partial charge in [-0.3, -0.25) is 0 Å². The number of benzene rings is 1. The minimum Gasteiger partial charge on any atom is -0.406 e. The van der Waals surface area contributed by atoms with Crippen LogP contribution >= 0.6 is 0 Å². The Kier molecular flexibility index (Phi) is 5.07. The van der Waals surface area contributed by atoms with Crippen LogP contribution in [-0.2, 0) is 6.54 Å². The topological polar surface area (TPSA) is 41.5 Å². The van der Waals surface area contributed by atoms with Crippen LogP contribution in [0.2, 0.25) is 0 Å². The van der Waals surface area contributed by atoms with Gasteiger partial charge in [0.25, 0.3) is 5.92 Å². The average molecular weight is 285 g/mol. The molecule has 108 valence electrons. The van der Waals surface area contributed by atoms with Gasteiger partial charge in [0.15, 0.2) is 0 Å². The molecule has 0 heterocycles. The maximum atomic E-state index is 12.6. The molecule has 0 aromatic heterocycles. The summed E-state index contributed by atoms with van der Waals surface area (Å²) in [5.41, 5.74) is 0.517. The molecule has 19 heavy (non-hydrogen) atoms. The summed E-state index contributed by atoms with van der Waals surface area (Å²) in [6.45, 7) is -1.94. The van der Waals surface area contributed by atoms with E-state index in [0.717, 1.165) is 12.1 Å². The monoisotopic (exact) mass is 285 g/mol. The molecule has 0 aliphatic heterocycles. The van der Waals surface area contributed by atoms with E-state index < -0.39 is 25.4 Å². The third-order valence-electron chi connectivity index (χ3n) is 2.10. The highest BCUT2D eigenvalue weighted by molar-refractivity contribution is 5.27. The molecule has 0 saturated carbocycles. The molecule has 0 bridgehead atoms. The van der Waals surface area contributed by atoms with Gasteiger partial charge in [-0.15, -0.1) is 13.2 Å². The van der Waals surface area contributed by atoms with E-state index in [9.17, 15) is 22.0 Å². The first-order valence-corrected chi connectivity index (χ1v) is 5.26. The maximum Gasteiger partial charge on any atom is 0.573 e. The second kappa shape index (κ2) is 6.16. The van der Waals surface area contributed by atoms with Gasteiger partial charge in [-0.05, 0) is 17.7 Å². The minimum atomic E-state index is -4.76. The quantitative estimate of drug-likeness (QED) is 0.788. The molecule has 2 N–H and O–H groups in total. The van der Waals surface area contributed by atoms with Gasteiger partial charge >= 0.3 is 6.36 Å². The Morgan fingerprint density at radius 2 is 1.63 bits per heavy atom. The molecule has 0 atom stereocenters. The number of hydrogen-bond acceptors (Lipinski definition) is 3. The maximum absolute atomic E-state index is 12.6. The number of aliphatic hydroxyl groups is 1. The molecule has 8 heteroatoms. The molecule has 3 nitrogen and oxygen atoms in total. The lowest BCUT2D eigenvalue weighted by Gasteiger charge is -2.14. The van der Waals surface area contributed by atoms with Crippen molar-refractivity contribution in [3.63, 3.8) is 0 Å². The number of ether oxygens (including phenoxy) is 1. The number of nitrogens with one attached hydrogen (secondary N) is 1. The van der Waals surface area contributed by atoms with Crippen molar-refractivity contribution in [1.82, 2.24) is 5.32 Å². The number of hydrogen-bond donors (Lipinski definition) is 2. The smallest absolute Gasteiger partial charge is 0.406 e. The van der Waals surface area contributed by atoms with Crippen LogP contribution in [0.3, 0.4) is 0 Å². The van der Waals surface area contributed by atoms with Crippen LogP contribution in [0.1, 0.15) is 5.56 Å². The lowest BCUT2D eigenvalue weighted by atomic mass is 10.2. The van der Waals surface area contributed by atoms with Crippen molar-refractivity contribution in [2.75, 3.05) is 13.2 Å². The number of halogens is 5. The summed E-state index contributed by atoms with van der Waals surface area (Å²) in [5, 5.41) is 10.7. The van der Waals surface area contributed by atoms with Gasteiger partial charge in [0.05, 0.1) is 6.54 Å². The van der Waals surface area contributed by atoms with Crippen molar-refractivity contribution in [3.8, 4) is 5.75 Å². The number of alkyl halides is 5. The highest BCUT2D eigenvalue weighted by atomic mass is 19.4. The fourth-order valence-corrected chi connectivity index (χ4v) is 1.25. The van der Waals surface area contributed by atoms with Crippen molar-refractivity contribution < 1.29 is 31.8 Å². The summed E-state index contributed by atoms with van der Waals surface area (Å²) in [4.78, 5) is 0. The summed E-state index contributed by atoms with van der Waals surface area (Å²) in [6.07, 6.45) is -4.76. The molecule has 0 radical (unpaired) electrons. The molecule has 0 unspecified atom stereocenters. The predicted molar refractivity (Wildman–Crippen MR) is 56.9 cm³/mol. The van der Waals surface area contributed by atoms with E-state index in [0.29, 0.717) is 5.56 Å². The summed E-state index contributed by atoms with van der Waals surface area (Å²) in [6, 6.07) is 4.83. The van der Waals surface area contributed by atoms with Gasteiger partial charge in [0.2, 0.25) is 0 Å². The summed E-state index contributed by atoms with van der Waals surface area (Å²) in [7, 11) is 0. The van der Waals surface area contributed by atoms with Crippen LogP contribution < -0.4 is 10.1 Å². The third kappa shape index (κ3) is 6.35. The van der Waals surface area contributed by atoms with Gasteiger partial charge in [-0.25, -0.2) is 8.78 Å². The summed E-state index contributed by atoms with van der Waals surface area (Å²) in [5.74, 6) is -3.60. The third-order valence-corrected chi connectivity index (χ3v) is 2.10. The summed E-state index contributed by atoms with van der Waals surface area (Å²) < 4.78 is 64.6. The molecule has 0 aliphatic rings. The second-order valence-corrected chi connectivity index (χ2v) is 3.81. The van der Waals surface area contributed by atoms with Crippen LogP contribution in [0.15, 0.2) is 24.3 Å². The zero-order valence-corrected chi connectivity index (χ0v) is 9.68. The van der Waals surface area contributed by atoms with Crippen molar-refractivity contribution in [2.45, 2.75) is 18.8 Å². The van der Waals surface area contributed by atoms with E-state index >= 15 is 0 Å². The van der Waals surface area contributed by atoms with E-state index in [-0.39, 0.29) is 12.3 Å². The first kappa shape index (κ1) is 15.6. The molecule has 1 rings (SSSR count). The Labute approximate surface area is 106 Å². The largest absolute Gasteiger partial charge is 0.573 e. The van der Waals surface area contributed by atoms with Gasteiger partial charge in [-0.2, -0.15) is 0 Å². The lowest BCUT2D eigenvalue weighted by Crippen LogP contribution is -2.35. The van der Waals surface area contributed by atoms with E-state index in [4.69, 9.17) is 5.11 Å². The van der Waals surface area contributed by atoms with E-state index in [1.54, 1.807) is 0 Å². The van der Waals surface area contributed by atoms with Crippen LogP contribution in [0.4, 0.5) is 22.0 Å². The highest BCUT2D eigenvalue weighted by Crippen LogP contribution is 2.22. The van der Waals surface area contributed by atoms with Gasteiger partial charge in [0, 0.05) is 6.54 Å². The fraction of sp³-hybridized carbons (Fsp3) is 0.455. The van der Waals surface area contributed by atoms with Crippen molar-refractivity contribution in [3.05, 3.63) is 29.8 Å². The average Bonchev–Trinajstić information content (AvgIpc) is 2.29. The Morgan fingerprint density at radius 1 is 1.05 bits per heavy atom. The van der Waals surface area contributed by atoms with E-state index in [1.807, 2.05) is 0 Å². The molecule has 0 fully saturated rings. The molecule has 1 aromatic carbocycles. The van der Waals surface area contributed by atoms with Crippen LogP contribution in [0, 0.1) is 0 Å². The molecule has 0 amide bonds. The van der Waals surface area contributed by atoms with Crippen molar-refractivity contribution in [2.24, 2.45) is 0 Å². The Hall–Kier alpha value is -1.41. The van der Waals surface area contributed by atoms with E-state index in [2.05, 4.69) is 10.1 Å². The Balaban J connectivity index is 2.45. The zero-order valence-electron chi connectivity index (χ0n) is 9.68. The number of rotatable bonds is 6. The molecular formula is C11H12F5NO2. The second-order valence-electron chi connectivity index (χ2n) is 3.81. The SMILES string of the molecule is OCC(F)(F)CNCc1ccc(OC(F)(F)F)cc1. The van der Waals surface area contributed by atoms with Gasteiger partial charge < -0.3 is 15.2 Å². The molecule has 1 aromatic rings. The van der Waals surface area contributed by atoms with Crippen molar-refractivity contribution >= 4 is 0 Å². The highest BCUT2D eigenvalue weighted by Gasteiger charge is 2.31. The van der Waals surface area contributed by atoms with Crippen molar-refractivity contribution in [1.29, 1.82) is 0 Å². The molecular weight excluding hydrogens is 273 g/mol. The van der Waals surface area contributed by atoms with Crippen LogP contribution in [0.5, 0.6) is 5.75 Å². The predicted octanol–water partition coefficient (Wildman–Crippen LogP) is 2.30. The Morgan fingerprint density at radius 3 is 2.11 bits per heavy atom. The van der Waals surface area contributed by atoms with Crippen LogP contribution in [-0.4, -0.2) is 30.5 Å². The van der Waals surface area contributed by atoms with Crippen LogP contribution in [0.25, 0.3) is 0 Å². The molecule has 0 spiro atoms. The van der Waals surface area contributed by atoms with Gasteiger partial charge in [-0.1, -0.05) is 12.1 Å². The fourth-order valence-electron chi connectivity index (χ4n) is 1.25. The minimum absolute atomic E-state index is 0.0435. The normalized spacial score (nSPS) is 12.5. The summed E-state index contributed by atoms with van der Waals surface area (Å²) >= 11 is 0. The first-order valence-electron chi connectivity index (χ1n) is 5.26. The standard InChI is InChI=1S/C11H12F5NO2/c12-10(13,7-18)6-17-5-8-1-3-9(4-2-8)19-11(14,15)16/h1-4,17-18H,5-7H2. The number of aliphatic hydroxyl groups excluding tert-OH is 1. The first-order chi connectivity index (χ1) is 8.72. The lowest BCUT2D eigenvalue weighted by molar-refractivity contribution is -0.274. The Bertz CT molecular complexity index is 391.